The third-order valence-electron chi connectivity index (χ3n) is 4.96. The van der Waals surface area contributed by atoms with Crippen LogP contribution in [0.4, 0.5) is 5.69 Å². The maximum Gasteiger partial charge on any atom is 0.240 e. The molecule has 0 bridgehead atoms. The Bertz CT molecular complexity index is 725. The van der Waals surface area contributed by atoms with Crippen molar-refractivity contribution in [3.8, 4) is 0 Å². The van der Waals surface area contributed by atoms with Crippen LogP contribution in [0, 0.1) is 0 Å². The summed E-state index contributed by atoms with van der Waals surface area (Å²) in [7, 11) is -3.59. The minimum Gasteiger partial charge on any atom is -0.328 e. The van der Waals surface area contributed by atoms with Gasteiger partial charge in [-0.05, 0) is 56.2 Å². The normalized spacial score (nSPS) is 24.5. The van der Waals surface area contributed by atoms with Gasteiger partial charge in [0.05, 0.1) is 4.90 Å². The lowest BCUT2D eigenvalue weighted by Gasteiger charge is -2.29. The molecular weight excluding hydrogens is 326 g/mol. The predicted molar refractivity (Wildman–Crippen MR) is 93.3 cm³/mol. The Morgan fingerprint density at radius 2 is 1.96 bits per heavy atom. The summed E-state index contributed by atoms with van der Waals surface area (Å²) >= 11 is 0. The van der Waals surface area contributed by atoms with Crippen LogP contribution in [0.5, 0.6) is 0 Å². The fourth-order valence-corrected chi connectivity index (χ4v) is 4.90. The van der Waals surface area contributed by atoms with Crippen molar-refractivity contribution in [3.63, 3.8) is 0 Å². The number of carbonyl (C=O) groups excluding carboxylic acids is 1. The van der Waals surface area contributed by atoms with Crippen molar-refractivity contribution in [3.05, 3.63) is 23.8 Å². The van der Waals surface area contributed by atoms with Crippen molar-refractivity contribution in [1.29, 1.82) is 0 Å². The van der Waals surface area contributed by atoms with Crippen LogP contribution in [0.15, 0.2) is 23.1 Å². The van der Waals surface area contributed by atoms with Crippen molar-refractivity contribution in [2.24, 2.45) is 5.73 Å². The lowest BCUT2D eigenvalue weighted by atomic mass is 9.93. The molecule has 0 aromatic heterocycles. The second-order valence-corrected chi connectivity index (χ2v) is 8.51. The van der Waals surface area contributed by atoms with Gasteiger partial charge in [0.1, 0.15) is 0 Å². The fourth-order valence-electron chi connectivity index (χ4n) is 3.57. The molecule has 1 aromatic rings. The first-order valence-electron chi connectivity index (χ1n) is 8.56. The lowest BCUT2D eigenvalue weighted by Crippen LogP contribution is -2.40. The summed E-state index contributed by atoms with van der Waals surface area (Å²) in [4.78, 5) is 13.7. The molecule has 1 aliphatic heterocycles. The Morgan fingerprint density at radius 1 is 1.25 bits per heavy atom. The van der Waals surface area contributed by atoms with Gasteiger partial charge in [-0.15, -0.1) is 0 Å². The van der Waals surface area contributed by atoms with Crippen LogP contribution in [0.2, 0.25) is 0 Å². The summed E-state index contributed by atoms with van der Waals surface area (Å²) in [6.07, 6.45) is 4.99. The maximum absolute atomic E-state index is 12.7. The molecule has 0 unspecified atom stereocenters. The summed E-state index contributed by atoms with van der Waals surface area (Å²) in [6, 6.07) is 5.22. The lowest BCUT2D eigenvalue weighted by molar-refractivity contribution is -0.116. The number of rotatable bonds is 3. The number of sulfonamides is 1. The number of carbonyl (C=O) groups is 1. The van der Waals surface area contributed by atoms with Crippen molar-refractivity contribution >= 4 is 21.6 Å². The minimum absolute atomic E-state index is 0.0558. The van der Waals surface area contributed by atoms with Gasteiger partial charge in [-0.3, -0.25) is 4.79 Å². The smallest absolute Gasteiger partial charge is 0.240 e. The first-order valence-corrected chi connectivity index (χ1v) is 10.0. The standard InChI is InChI=1S/C17H25N3O3S/c1-12(21)20-10-2-3-13-4-9-16(11-17(13)20)24(22,23)19-15-7-5-14(18)6-8-15/h4,9,11,14-15,19H,2-3,5-8,10,18H2,1H3. The molecule has 1 saturated carbocycles. The number of hydrogen-bond donors (Lipinski definition) is 2. The van der Waals surface area contributed by atoms with E-state index >= 15 is 0 Å². The molecule has 132 valence electrons. The van der Waals surface area contributed by atoms with E-state index in [0.29, 0.717) is 6.54 Å². The third kappa shape index (κ3) is 3.63. The zero-order chi connectivity index (χ0) is 17.3. The maximum atomic E-state index is 12.7. The van der Waals surface area contributed by atoms with Crippen LogP contribution in [0.25, 0.3) is 0 Å². The summed E-state index contributed by atoms with van der Waals surface area (Å²) in [5.74, 6) is -0.0558. The van der Waals surface area contributed by atoms with Gasteiger partial charge in [0.15, 0.2) is 0 Å². The molecule has 3 N–H and O–H groups in total. The number of benzene rings is 1. The number of hydrogen-bond acceptors (Lipinski definition) is 4. The molecule has 2 aliphatic rings. The zero-order valence-electron chi connectivity index (χ0n) is 14.0. The molecule has 1 heterocycles. The number of amides is 1. The Kier molecular flexibility index (Phi) is 4.94. The van der Waals surface area contributed by atoms with Gasteiger partial charge in [0, 0.05) is 31.2 Å². The zero-order valence-corrected chi connectivity index (χ0v) is 14.8. The molecule has 1 fully saturated rings. The van der Waals surface area contributed by atoms with Gasteiger partial charge in [0.2, 0.25) is 15.9 Å². The average Bonchev–Trinajstić information content (AvgIpc) is 2.55. The van der Waals surface area contributed by atoms with E-state index in [2.05, 4.69) is 4.72 Å². The first kappa shape index (κ1) is 17.4. The van der Waals surface area contributed by atoms with Crippen molar-refractivity contribution in [2.75, 3.05) is 11.4 Å². The van der Waals surface area contributed by atoms with E-state index in [0.717, 1.165) is 49.8 Å². The molecule has 3 rings (SSSR count). The van der Waals surface area contributed by atoms with E-state index in [9.17, 15) is 13.2 Å². The molecule has 0 radical (unpaired) electrons. The Hall–Kier alpha value is -1.44. The van der Waals surface area contributed by atoms with Gasteiger partial charge >= 0.3 is 0 Å². The summed E-state index contributed by atoms with van der Waals surface area (Å²) < 4.78 is 28.2. The number of fused-ring (bicyclic) bond motifs is 1. The van der Waals surface area contributed by atoms with E-state index in [4.69, 9.17) is 5.73 Å². The molecule has 6 nitrogen and oxygen atoms in total. The van der Waals surface area contributed by atoms with Crippen LogP contribution in [-0.2, 0) is 21.2 Å². The van der Waals surface area contributed by atoms with Gasteiger partial charge in [0.25, 0.3) is 0 Å². The average molecular weight is 351 g/mol. The van der Waals surface area contributed by atoms with Crippen LogP contribution in [0.3, 0.4) is 0 Å². The monoisotopic (exact) mass is 351 g/mol. The highest BCUT2D eigenvalue weighted by Crippen LogP contribution is 2.30. The van der Waals surface area contributed by atoms with Crippen LogP contribution >= 0.6 is 0 Å². The Balaban J connectivity index is 1.83. The molecular formula is C17H25N3O3S. The summed E-state index contributed by atoms with van der Waals surface area (Å²) in [5.41, 5.74) is 7.63. The third-order valence-corrected chi connectivity index (χ3v) is 6.48. The van der Waals surface area contributed by atoms with E-state index in [1.807, 2.05) is 6.07 Å². The number of aryl methyl sites for hydroxylation is 1. The molecule has 0 atom stereocenters. The van der Waals surface area contributed by atoms with Gasteiger partial charge in [-0.2, -0.15) is 0 Å². The first-order chi connectivity index (χ1) is 11.4. The van der Waals surface area contributed by atoms with E-state index in [1.54, 1.807) is 17.0 Å². The van der Waals surface area contributed by atoms with Crippen molar-refractivity contribution in [1.82, 2.24) is 4.72 Å². The quantitative estimate of drug-likeness (QED) is 0.864. The minimum atomic E-state index is -3.59. The fraction of sp³-hybridized carbons (Fsp3) is 0.588. The highest BCUT2D eigenvalue weighted by atomic mass is 32.2. The molecule has 0 saturated heterocycles. The highest BCUT2D eigenvalue weighted by Gasteiger charge is 2.27. The van der Waals surface area contributed by atoms with Crippen LogP contribution in [0.1, 0.15) is 44.6 Å². The summed E-state index contributed by atoms with van der Waals surface area (Å²) in [6.45, 7) is 2.15. The number of nitrogens with zero attached hydrogens (tertiary/aromatic N) is 1. The number of anilines is 1. The molecule has 0 spiro atoms. The van der Waals surface area contributed by atoms with E-state index < -0.39 is 10.0 Å². The Labute approximate surface area is 143 Å². The van der Waals surface area contributed by atoms with Crippen molar-refractivity contribution in [2.45, 2.75) is 62.4 Å². The molecule has 1 aromatic carbocycles. The number of nitrogens with two attached hydrogens (primary N) is 1. The van der Waals surface area contributed by atoms with Crippen LogP contribution in [-0.4, -0.2) is 33.0 Å². The van der Waals surface area contributed by atoms with Crippen LogP contribution < -0.4 is 15.4 Å². The largest absolute Gasteiger partial charge is 0.328 e. The van der Waals surface area contributed by atoms with E-state index in [1.165, 1.54) is 6.92 Å². The predicted octanol–water partition coefficient (Wildman–Crippen LogP) is 1.53. The number of nitrogens with one attached hydrogen (secondary N) is 1. The molecule has 1 aliphatic carbocycles. The van der Waals surface area contributed by atoms with Gasteiger partial charge < -0.3 is 10.6 Å². The Morgan fingerprint density at radius 3 is 2.62 bits per heavy atom. The SMILES string of the molecule is CC(=O)N1CCCc2ccc(S(=O)(=O)NC3CCC(N)CC3)cc21. The molecule has 1 amide bonds. The summed E-state index contributed by atoms with van der Waals surface area (Å²) in [5, 5.41) is 0. The topological polar surface area (TPSA) is 92.5 Å². The van der Waals surface area contributed by atoms with Gasteiger partial charge in [-0.25, -0.2) is 13.1 Å². The molecule has 24 heavy (non-hydrogen) atoms. The second-order valence-electron chi connectivity index (χ2n) is 6.80. The second kappa shape index (κ2) is 6.82. The highest BCUT2D eigenvalue weighted by molar-refractivity contribution is 7.89. The van der Waals surface area contributed by atoms with Gasteiger partial charge in [-0.1, -0.05) is 6.07 Å². The van der Waals surface area contributed by atoms with E-state index in [-0.39, 0.29) is 22.9 Å². The van der Waals surface area contributed by atoms with Crippen molar-refractivity contribution < 1.29 is 13.2 Å². The molecule has 7 heteroatoms.